The minimum absolute atomic E-state index is 0.0933. The van der Waals surface area contributed by atoms with Gasteiger partial charge in [0, 0.05) is 23.9 Å². The van der Waals surface area contributed by atoms with Gasteiger partial charge in [0.1, 0.15) is 17.3 Å². The van der Waals surface area contributed by atoms with Crippen molar-refractivity contribution in [3.8, 4) is 11.5 Å². The van der Waals surface area contributed by atoms with Crippen LogP contribution in [0.25, 0.3) is 0 Å². The molecule has 0 saturated heterocycles. The van der Waals surface area contributed by atoms with Gasteiger partial charge in [-0.05, 0) is 38.3 Å². The zero-order chi connectivity index (χ0) is 23.6. The fourth-order valence-electron chi connectivity index (χ4n) is 4.27. The number of amides is 1. The first kappa shape index (κ1) is 23.0. The van der Waals surface area contributed by atoms with E-state index in [1.807, 2.05) is 13.8 Å². The maximum absolute atomic E-state index is 13.6. The van der Waals surface area contributed by atoms with Gasteiger partial charge in [0.2, 0.25) is 5.89 Å². The number of aromatic nitrogens is 3. The fourth-order valence-corrected chi connectivity index (χ4v) is 4.43. The Kier molecular flexibility index (Phi) is 6.25. The molecule has 0 spiro atoms. The average Bonchev–Trinajstić information content (AvgIpc) is 3.22. The van der Waals surface area contributed by atoms with Crippen LogP contribution in [-0.4, -0.2) is 33.2 Å². The number of nitrogens with one attached hydrogen (secondary N) is 1. The Hall–Kier alpha value is -3.20. The molecule has 0 aliphatic heterocycles. The molecule has 1 aromatic carbocycles. The molecule has 2 aromatic heterocycles. The number of halogens is 2. The van der Waals surface area contributed by atoms with Gasteiger partial charge in [0.05, 0.1) is 16.6 Å². The van der Waals surface area contributed by atoms with Gasteiger partial charge in [-0.3, -0.25) is 9.78 Å². The number of rotatable bonds is 8. The summed E-state index contributed by atoms with van der Waals surface area (Å²) in [6.07, 6.45) is 4.29. The molecule has 174 valence electrons. The summed E-state index contributed by atoms with van der Waals surface area (Å²) in [6, 6.07) is 6.15. The van der Waals surface area contributed by atoms with Crippen LogP contribution in [0.2, 0.25) is 5.02 Å². The van der Waals surface area contributed by atoms with E-state index < -0.39 is 5.54 Å². The number of nitrogens with zero attached hydrogens (tertiary/aromatic N) is 3. The monoisotopic (exact) mass is 474 g/mol. The second kappa shape index (κ2) is 8.97. The first-order valence-corrected chi connectivity index (χ1v) is 10.8. The van der Waals surface area contributed by atoms with E-state index in [2.05, 4.69) is 20.5 Å². The van der Waals surface area contributed by atoms with Gasteiger partial charge in [0.15, 0.2) is 13.2 Å². The fraction of sp³-hybridized carbons (Fsp3) is 0.391. The number of carbonyl (C=O) groups excluding carboxylic acids is 1. The Morgan fingerprint density at radius 1 is 1.18 bits per heavy atom. The highest BCUT2D eigenvalue weighted by molar-refractivity contribution is 6.30. The standard InChI is InChI=1S/C23H24ClFN4O4/c1-14-4-5-16(7-18(14)25)31-10-19(30)27-23(3)12-22(2,13-23)21-29-28-20(33-21)11-32-17-6-15(24)8-26-9-17/h4-9H,10-13H2,1-3H3,(H,27,30). The van der Waals surface area contributed by atoms with Gasteiger partial charge >= 0.3 is 0 Å². The van der Waals surface area contributed by atoms with E-state index in [4.69, 9.17) is 25.5 Å². The van der Waals surface area contributed by atoms with Crippen LogP contribution in [0.5, 0.6) is 11.5 Å². The van der Waals surface area contributed by atoms with E-state index in [0.717, 1.165) is 0 Å². The molecule has 1 aliphatic carbocycles. The van der Waals surface area contributed by atoms with Crippen molar-refractivity contribution in [1.29, 1.82) is 0 Å². The molecular formula is C23H24ClFN4O4. The van der Waals surface area contributed by atoms with Gasteiger partial charge < -0.3 is 19.2 Å². The summed E-state index contributed by atoms with van der Waals surface area (Å²) in [4.78, 5) is 16.3. The highest BCUT2D eigenvalue weighted by Crippen LogP contribution is 2.49. The molecule has 4 rings (SSSR count). The lowest BCUT2D eigenvalue weighted by Crippen LogP contribution is -2.61. The summed E-state index contributed by atoms with van der Waals surface area (Å²) in [5, 5.41) is 11.7. The van der Waals surface area contributed by atoms with Crippen molar-refractivity contribution < 1.29 is 23.1 Å². The smallest absolute Gasteiger partial charge is 0.258 e. The normalized spacial score (nSPS) is 21.8. The summed E-state index contributed by atoms with van der Waals surface area (Å²) >= 11 is 5.90. The Morgan fingerprint density at radius 2 is 1.97 bits per heavy atom. The molecule has 1 amide bonds. The van der Waals surface area contributed by atoms with E-state index in [1.165, 1.54) is 12.3 Å². The average molecular weight is 475 g/mol. The largest absolute Gasteiger partial charge is 0.484 e. The predicted octanol–water partition coefficient (Wildman–Crippen LogP) is 4.15. The van der Waals surface area contributed by atoms with Crippen LogP contribution in [-0.2, 0) is 16.8 Å². The topological polar surface area (TPSA) is 99.4 Å². The summed E-state index contributed by atoms with van der Waals surface area (Å²) in [5.41, 5.74) is -0.290. The third kappa shape index (κ3) is 5.42. The Balaban J connectivity index is 1.27. The number of aryl methyl sites for hydroxylation is 1. The van der Waals surface area contributed by atoms with Gasteiger partial charge in [0.25, 0.3) is 11.8 Å². The first-order chi connectivity index (χ1) is 15.6. The molecule has 10 heteroatoms. The van der Waals surface area contributed by atoms with Gasteiger partial charge in [-0.1, -0.05) is 24.6 Å². The van der Waals surface area contributed by atoms with Crippen molar-refractivity contribution in [1.82, 2.24) is 20.5 Å². The van der Waals surface area contributed by atoms with Crippen molar-refractivity contribution in [2.75, 3.05) is 6.61 Å². The third-order valence-corrected chi connectivity index (χ3v) is 5.75. The summed E-state index contributed by atoms with van der Waals surface area (Å²) in [7, 11) is 0. The van der Waals surface area contributed by atoms with E-state index in [-0.39, 0.29) is 30.4 Å². The zero-order valence-corrected chi connectivity index (χ0v) is 19.3. The van der Waals surface area contributed by atoms with Gasteiger partial charge in [-0.2, -0.15) is 0 Å². The highest BCUT2D eigenvalue weighted by atomic mass is 35.5. The molecule has 2 heterocycles. The van der Waals surface area contributed by atoms with E-state index >= 15 is 0 Å². The maximum atomic E-state index is 13.6. The molecule has 8 nitrogen and oxygen atoms in total. The second-order valence-corrected chi connectivity index (χ2v) is 9.29. The summed E-state index contributed by atoms with van der Waals surface area (Å²) < 4.78 is 30.4. The van der Waals surface area contributed by atoms with Crippen LogP contribution in [0.1, 0.15) is 44.0 Å². The van der Waals surface area contributed by atoms with Crippen LogP contribution < -0.4 is 14.8 Å². The summed E-state index contributed by atoms with van der Waals surface area (Å²) in [6.45, 7) is 5.51. The molecule has 0 atom stereocenters. The molecule has 0 bridgehead atoms. The minimum atomic E-state index is -0.439. The number of benzene rings is 1. The quantitative estimate of drug-likeness (QED) is 0.523. The number of ether oxygens (including phenoxy) is 2. The molecule has 1 N–H and O–H groups in total. The van der Waals surface area contributed by atoms with E-state index in [9.17, 15) is 9.18 Å². The van der Waals surface area contributed by atoms with Gasteiger partial charge in [-0.15, -0.1) is 10.2 Å². The van der Waals surface area contributed by atoms with E-state index in [0.29, 0.717) is 46.7 Å². The first-order valence-electron chi connectivity index (χ1n) is 10.4. The van der Waals surface area contributed by atoms with Crippen LogP contribution in [0.15, 0.2) is 41.1 Å². The molecule has 3 aromatic rings. The molecule has 1 saturated carbocycles. The third-order valence-electron chi connectivity index (χ3n) is 5.54. The number of hydrogen-bond acceptors (Lipinski definition) is 7. The lowest BCUT2D eigenvalue weighted by molar-refractivity contribution is -0.127. The molecular weight excluding hydrogens is 451 g/mol. The zero-order valence-electron chi connectivity index (χ0n) is 18.5. The number of hydrogen-bond donors (Lipinski definition) is 1. The Morgan fingerprint density at radius 3 is 2.70 bits per heavy atom. The van der Waals surface area contributed by atoms with Crippen molar-refractivity contribution in [3.05, 3.63) is 64.8 Å². The van der Waals surface area contributed by atoms with Crippen LogP contribution in [0.4, 0.5) is 4.39 Å². The lowest BCUT2D eigenvalue weighted by Gasteiger charge is -2.51. The van der Waals surface area contributed by atoms with Gasteiger partial charge in [-0.25, -0.2) is 4.39 Å². The Labute approximate surface area is 195 Å². The van der Waals surface area contributed by atoms with Crippen LogP contribution >= 0.6 is 11.6 Å². The van der Waals surface area contributed by atoms with E-state index in [1.54, 1.807) is 31.3 Å². The molecule has 1 fully saturated rings. The van der Waals surface area contributed by atoms with Crippen LogP contribution in [0.3, 0.4) is 0 Å². The molecule has 0 radical (unpaired) electrons. The maximum Gasteiger partial charge on any atom is 0.258 e. The highest BCUT2D eigenvalue weighted by Gasteiger charge is 2.53. The van der Waals surface area contributed by atoms with Crippen LogP contribution in [0, 0.1) is 12.7 Å². The minimum Gasteiger partial charge on any atom is -0.484 e. The van der Waals surface area contributed by atoms with Crippen molar-refractivity contribution in [2.45, 2.75) is 51.2 Å². The molecule has 1 aliphatic rings. The molecule has 0 unspecified atom stereocenters. The SMILES string of the molecule is Cc1ccc(OCC(=O)NC2(C)CC(C)(c3nnc(COc4cncc(Cl)c4)o3)C2)cc1F. The predicted molar refractivity (Wildman–Crippen MR) is 118 cm³/mol. The summed E-state index contributed by atoms with van der Waals surface area (Å²) in [5.74, 6) is 0.985. The second-order valence-electron chi connectivity index (χ2n) is 8.85. The lowest BCUT2D eigenvalue weighted by atomic mass is 9.59. The van der Waals surface area contributed by atoms with Crippen molar-refractivity contribution in [3.63, 3.8) is 0 Å². The van der Waals surface area contributed by atoms with Crippen molar-refractivity contribution >= 4 is 17.5 Å². The number of carbonyl (C=O) groups is 1. The number of pyridine rings is 1. The van der Waals surface area contributed by atoms with Crippen molar-refractivity contribution in [2.24, 2.45) is 0 Å². The molecule has 33 heavy (non-hydrogen) atoms. The Bertz CT molecular complexity index is 1160.